The Balaban J connectivity index is 2.27. The molecule has 0 amide bonds. The molecule has 2 rings (SSSR count). The first-order valence-corrected chi connectivity index (χ1v) is 9.10. The molecule has 0 saturated carbocycles. The van der Waals surface area contributed by atoms with E-state index in [1.807, 2.05) is 13.1 Å². The van der Waals surface area contributed by atoms with Gasteiger partial charge in [-0.3, -0.25) is 4.68 Å². The third-order valence-corrected chi connectivity index (χ3v) is 5.56. The number of hydrogen-bond donors (Lipinski definition) is 1. The zero-order chi connectivity index (χ0) is 15.6. The van der Waals surface area contributed by atoms with Gasteiger partial charge in [0.1, 0.15) is 0 Å². The smallest absolute Gasteiger partial charge is 0.186 e. The first-order valence-electron chi connectivity index (χ1n) is 6.65. The highest BCUT2D eigenvalue weighted by Crippen LogP contribution is 2.25. The molecule has 0 fully saturated rings. The topological polar surface area (TPSA) is 78.0 Å². The summed E-state index contributed by atoms with van der Waals surface area (Å²) in [4.78, 5) is 0.142. The second kappa shape index (κ2) is 6.19. The number of hydrogen-bond acceptors (Lipinski definition) is 4. The molecule has 2 aromatic rings. The lowest BCUT2D eigenvalue weighted by atomic mass is 10.3. The number of nitrogen functional groups attached to an aromatic ring is 1. The molecule has 1 aromatic heterocycles. The van der Waals surface area contributed by atoms with Gasteiger partial charge >= 0.3 is 0 Å². The number of nitrogens with two attached hydrogens (primary N) is 1. The Bertz CT molecular complexity index is 740. The van der Waals surface area contributed by atoms with Crippen LogP contribution in [-0.2, 0) is 15.6 Å². The minimum Gasteiger partial charge on any atom is -0.398 e. The van der Waals surface area contributed by atoms with Crippen molar-refractivity contribution >= 4 is 31.5 Å². The van der Waals surface area contributed by atoms with Gasteiger partial charge in [0.25, 0.3) is 0 Å². The van der Waals surface area contributed by atoms with Crippen molar-refractivity contribution in [2.75, 3.05) is 5.73 Å². The van der Waals surface area contributed by atoms with Crippen LogP contribution in [0.15, 0.2) is 39.8 Å². The molecule has 114 valence electrons. The molecular weight excluding hydrogens is 354 g/mol. The van der Waals surface area contributed by atoms with Gasteiger partial charge in [-0.15, -0.1) is 0 Å². The minimum atomic E-state index is -3.50. The minimum absolute atomic E-state index is 0.142. The predicted octanol–water partition coefficient (Wildman–Crippen LogP) is 3.17. The van der Waals surface area contributed by atoms with E-state index in [0.29, 0.717) is 5.69 Å². The van der Waals surface area contributed by atoms with Gasteiger partial charge in [0.05, 0.1) is 22.0 Å². The molecule has 1 aromatic carbocycles. The van der Waals surface area contributed by atoms with Gasteiger partial charge in [-0.1, -0.05) is 22.9 Å². The van der Waals surface area contributed by atoms with Crippen LogP contribution in [0.2, 0.25) is 0 Å². The van der Waals surface area contributed by atoms with Crippen LogP contribution in [0.3, 0.4) is 0 Å². The van der Waals surface area contributed by atoms with Gasteiger partial charge in [0.15, 0.2) is 9.84 Å². The molecular formula is C14H18BrN3O2S. The lowest BCUT2D eigenvalue weighted by Gasteiger charge is -2.09. The summed E-state index contributed by atoms with van der Waals surface area (Å²) in [5, 5.41) is 4.33. The monoisotopic (exact) mass is 371 g/mol. The van der Waals surface area contributed by atoms with E-state index < -0.39 is 9.84 Å². The van der Waals surface area contributed by atoms with Crippen molar-refractivity contribution in [3.05, 3.63) is 40.6 Å². The van der Waals surface area contributed by atoms with E-state index >= 15 is 0 Å². The molecule has 0 bridgehead atoms. The number of anilines is 1. The maximum absolute atomic E-state index is 12.4. The van der Waals surface area contributed by atoms with E-state index in [0.717, 1.165) is 10.9 Å². The highest BCUT2D eigenvalue weighted by molar-refractivity contribution is 9.10. The molecule has 2 N–H and O–H groups in total. The highest BCUT2D eigenvalue weighted by atomic mass is 79.9. The largest absolute Gasteiger partial charge is 0.398 e. The first-order chi connectivity index (χ1) is 9.83. The van der Waals surface area contributed by atoms with Crippen LogP contribution in [0.1, 0.15) is 32.0 Å². The summed E-state index contributed by atoms with van der Waals surface area (Å²) >= 11 is 3.27. The molecule has 0 spiro atoms. The number of nitrogens with zero attached hydrogens (tertiary/aromatic N) is 2. The maximum atomic E-state index is 12.4. The molecule has 1 heterocycles. The summed E-state index contributed by atoms with van der Waals surface area (Å²) in [7, 11) is -3.50. The van der Waals surface area contributed by atoms with E-state index in [-0.39, 0.29) is 22.4 Å². The molecule has 0 aliphatic rings. The van der Waals surface area contributed by atoms with E-state index in [4.69, 9.17) is 5.73 Å². The molecule has 0 aliphatic carbocycles. The van der Waals surface area contributed by atoms with Crippen molar-refractivity contribution in [2.24, 2.45) is 0 Å². The standard InChI is InChI=1S/C14H18BrN3O2S/c1-3-10(2)18-7-6-12(17-18)9-21(19,20)14-5-4-11(15)8-13(14)16/h4-8,10H,3,9,16H2,1-2H3. The fraction of sp³-hybridized carbons (Fsp3) is 0.357. The van der Waals surface area contributed by atoms with Crippen LogP contribution >= 0.6 is 15.9 Å². The lowest BCUT2D eigenvalue weighted by Crippen LogP contribution is -2.10. The Kier molecular flexibility index (Phi) is 4.73. The van der Waals surface area contributed by atoms with Crippen LogP contribution in [0.25, 0.3) is 0 Å². The van der Waals surface area contributed by atoms with E-state index in [1.54, 1.807) is 22.9 Å². The van der Waals surface area contributed by atoms with Crippen LogP contribution < -0.4 is 5.73 Å². The summed E-state index contributed by atoms with van der Waals surface area (Å²) in [5.41, 5.74) is 6.57. The van der Waals surface area contributed by atoms with E-state index in [2.05, 4.69) is 28.0 Å². The van der Waals surface area contributed by atoms with Crippen molar-refractivity contribution in [3.63, 3.8) is 0 Å². The molecule has 0 saturated heterocycles. The molecule has 7 heteroatoms. The number of benzene rings is 1. The van der Waals surface area contributed by atoms with Gasteiger partial charge in [0.2, 0.25) is 0 Å². The highest BCUT2D eigenvalue weighted by Gasteiger charge is 2.20. The normalized spacial score (nSPS) is 13.3. The Labute approximate surface area is 133 Å². The second-order valence-electron chi connectivity index (χ2n) is 4.99. The Hall–Kier alpha value is -1.34. The third-order valence-electron chi connectivity index (χ3n) is 3.35. The fourth-order valence-corrected chi connectivity index (χ4v) is 3.73. The summed E-state index contributed by atoms with van der Waals surface area (Å²) in [5.74, 6) is -0.151. The van der Waals surface area contributed by atoms with Crippen molar-refractivity contribution in [2.45, 2.75) is 37.0 Å². The number of rotatable bonds is 5. The summed E-state index contributed by atoms with van der Waals surface area (Å²) in [6, 6.07) is 6.75. The lowest BCUT2D eigenvalue weighted by molar-refractivity contribution is 0.475. The number of halogens is 1. The molecule has 5 nitrogen and oxygen atoms in total. The van der Waals surface area contributed by atoms with E-state index in [1.165, 1.54) is 6.07 Å². The van der Waals surface area contributed by atoms with Gasteiger partial charge < -0.3 is 5.73 Å². The van der Waals surface area contributed by atoms with Gasteiger partial charge in [-0.05, 0) is 37.6 Å². The van der Waals surface area contributed by atoms with Crippen molar-refractivity contribution < 1.29 is 8.42 Å². The van der Waals surface area contributed by atoms with Gasteiger partial charge in [-0.25, -0.2) is 8.42 Å². The molecule has 1 atom stereocenters. The molecule has 21 heavy (non-hydrogen) atoms. The SMILES string of the molecule is CCC(C)n1ccc(CS(=O)(=O)c2ccc(Br)cc2N)n1. The number of aromatic nitrogens is 2. The third kappa shape index (κ3) is 3.65. The summed E-state index contributed by atoms with van der Waals surface area (Å²) in [6.45, 7) is 4.10. The zero-order valence-corrected chi connectivity index (χ0v) is 14.4. The quantitative estimate of drug-likeness (QED) is 0.818. The second-order valence-corrected chi connectivity index (χ2v) is 7.86. The average molecular weight is 372 g/mol. The number of sulfone groups is 1. The van der Waals surface area contributed by atoms with Gasteiger partial charge in [-0.2, -0.15) is 5.10 Å². The van der Waals surface area contributed by atoms with Crippen LogP contribution in [-0.4, -0.2) is 18.2 Å². The Morgan fingerprint density at radius 3 is 2.71 bits per heavy atom. The van der Waals surface area contributed by atoms with Crippen molar-refractivity contribution in [3.8, 4) is 0 Å². The summed E-state index contributed by atoms with van der Waals surface area (Å²) < 4.78 is 27.4. The Morgan fingerprint density at radius 1 is 1.38 bits per heavy atom. The van der Waals surface area contributed by atoms with E-state index in [9.17, 15) is 8.42 Å². The molecule has 1 unspecified atom stereocenters. The predicted molar refractivity (Wildman–Crippen MR) is 86.7 cm³/mol. The maximum Gasteiger partial charge on any atom is 0.186 e. The van der Waals surface area contributed by atoms with Gasteiger partial charge in [0, 0.05) is 16.7 Å². The summed E-state index contributed by atoms with van der Waals surface area (Å²) in [6.07, 6.45) is 2.75. The fourth-order valence-electron chi connectivity index (χ4n) is 1.96. The van der Waals surface area contributed by atoms with Crippen molar-refractivity contribution in [1.29, 1.82) is 0 Å². The van der Waals surface area contributed by atoms with Crippen LogP contribution in [0, 0.1) is 0 Å². The van der Waals surface area contributed by atoms with Crippen molar-refractivity contribution in [1.82, 2.24) is 9.78 Å². The zero-order valence-electron chi connectivity index (χ0n) is 12.0. The first kappa shape index (κ1) is 16.0. The van der Waals surface area contributed by atoms with Crippen LogP contribution in [0.4, 0.5) is 5.69 Å². The molecule has 0 aliphatic heterocycles. The molecule has 0 radical (unpaired) electrons. The van der Waals surface area contributed by atoms with Crippen LogP contribution in [0.5, 0.6) is 0 Å². The Morgan fingerprint density at radius 2 is 2.10 bits per heavy atom. The average Bonchev–Trinajstić information content (AvgIpc) is 2.85.